The number of nitriles is 1. The first-order valence-electron chi connectivity index (χ1n) is 6.36. The first kappa shape index (κ1) is 15.7. The van der Waals surface area contributed by atoms with E-state index in [4.69, 9.17) is 10.00 Å². The van der Waals surface area contributed by atoms with E-state index >= 15 is 0 Å². The standard InChI is InChI=1S/C15H18N2O3/c1-4-15(2,3)17-13(18)10-20-14(19)12-7-5-6-11(8-12)9-16/h5-8H,4,10H2,1-3H3,(H,17,18). The Labute approximate surface area is 118 Å². The first-order valence-corrected chi connectivity index (χ1v) is 6.36. The molecule has 0 aromatic heterocycles. The highest BCUT2D eigenvalue weighted by atomic mass is 16.5. The summed E-state index contributed by atoms with van der Waals surface area (Å²) in [6.45, 7) is 5.41. The Balaban J connectivity index is 2.55. The lowest BCUT2D eigenvalue weighted by Gasteiger charge is -2.24. The van der Waals surface area contributed by atoms with Crippen LogP contribution in [0.15, 0.2) is 24.3 Å². The van der Waals surface area contributed by atoms with Crippen LogP contribution in [0.2, 0.25) is 0 Å². The number of carbonyl (C=O) groups is 2. The van der Waals surface area contributed by atoms with Gasteiger partial charge in [0.15, 0.2) is 6.61 Å². The number of nitrogens with zero attached hydrogens (tertiary/aromatic N) is 1. The van der Waals surface area contributed by atoms with Crippen molar-refractivity contribution in [2.45, 2.75) is 32.7 Å². The summed E-state index contributed by atoms with van der Waals surface area (Å²) in [6.07, 6.45) is 0.775. The van der Waals surface area contributed by atoms with Gasteiger partial charge in [0.25, 0.3) is 5.91 Å². The largest absolute Gasteiger partial charge is 0.452 e. The van der Waals surface area contributed by atoms with Gasteiger partial charge in [-0.05, 0) is 38.5 Å². The molecule has 0 fully saturated rings. The van der Waals surface area contributed by atoms with Crippen molar-refractivity contribution in [1.29, 1.82) is 5.26 Å². The average Bonchev–Trinajstić information content (AvgIpc) is 2.44. The Kier molecular flexibility index (Phi) is 5.27. The lowest BCUT2D eigenvalue weighted by Crippen LogP contribution is -2.44. The molecule has 0 saturated heterocycles. The molecular formula is C15H18N2O3. The van der Waals surface area contributed by atoms with Crippen molar-refractivity contribution in [3.05, 3.63) is 35.4 Å². The maximum Gasteiger partial charge on any atom is 0.338 e. The van der Waals surface area contributed by atoms with E-state index in [0.717, 1.165) is 6.42 Å². The second kappa shape index (κ2) is 6.71. The lowest BCUT2D eigenvalue weighted by atomic mass is 10.0. The van der Waals surface area contributed by atoms with Gasteiger partial charge in [-0.1, -0.05) is 13.0 Å². The summed E-state index contributed by atoms with van der Waals surface area (Å²) in [5.41, 5.74) is 0.298. The van der Waals surface area contributed by atoms with Crippen molar-refractivity contribution >= 4 is 11.9 Å². The molecule has 1 amide bonds. The van der Waals surface area contributed by atoms with Crippen LogP contribution in [0.5, 0.6) is 0 Å². The number of nitrogens with one attached hydrogen (secondary N) is 1. The minimum absolute atomic E-state index is 0.256. The fourth-order valence-corrected chi connectivity index (χ4v) is 1.43. The van der Waals surface area contributed by atoms with Gasteiger partial charge in [-0.15, -0.1) is 0 Å². The normalized spacial score (nSPS) is 10.5. The number of esters is 1. The van der Waals surface area contributed by atoms with Gasteiger partial charge in [0, 0.05) is 5.54 Å². The highest BCUT2D eigenvalue weighted by Gasteiger charge is 2.19. The summed E-state index contributed by atoms with van der Waals surface area (Å²) < 4.78 is 4.92. The molecule has 0 aliphatic rings. The van der Waals surface area contributed by atoms with E-state index in [9.17, 15) is 9.59 Å². The molecule has 0 radical (unpaired) electrons. The number of ether oxygens (including phenoxy) is 1. The minimum atomic E-state index is -0.619. The van der Waals surface area contributed by atoms with Crippen molar-refractivity contribution in [1.82, 2.24) is 5.32 Å². The van der Waals surface area contributed by atoms with Gasteiger partial charge in [-0.2, -0.15) is 5.26 Å². The molecule has 1 rings (SSSR count). The monoisotopic (exact) mass is 274 g/mol. The Morgan fingerprint density at radius 2 is 2.10 bits per heavy atom. The van der Waals surface area contributed by atoms with E-state index in [1.807, 2.05) is 26.8 Å². The van der Waals surface area contributed by atoms with Crippen molar-refractivity contribution in [3.8, 4) is 6.07 Å². The predicted octanol–water partition coefficient (Wildman–Crippen LogP) is 2.02. The van der Waals surface area contributed by atoms with Crippen molar-refractivity contribution < 1.29 is 14.3 Å². The lowest BCUT2D eigenvalue weighted by molar-refractivity contribution is -0.125. The molecule has 0 saturated carbocycles. The van der Waals surface area contributed by atoms with Crippen molar-refractivity contribution in [2.24, 2.45) is 0 Å². The molecule has 0 unspecified atom stereocenters. The molecule has 0 spiro atoms. The van der Waals surface area contributed by atoms with Crippen LogP contribution in [0.25, 0.3) is 0 Å². The Hall–Kier alpha value is -2.35. The molecule has 5 nitrogen and oxygen atoms in total. The van der Waals surface area contributed by atoms with Crippen LogP contribution >= 0.6 is 0 Å². The van der Waals surface area contributed by atoms with Crippen LogP contribution < -0.4 is 5.32 Å². The summed E-state index contributed by atoms with van der Waals surface area (Å²) in [7, 11) is 0. The Bertz CT molecular complexity index is 544. The molecule has 0 heterocycles. The zero-order valence-corrected chi connectivity index (χ0v) is 11.9. The smallest absolute Gasteiger partial charge is 0.338 e. The first-order chi connectivity index (χ1) is 9.38. The van der Waals surface area contributed by atoms with Gasteiger partial charge in [0.05, 0.1) is 17.2 Å². The molecule has 0 aliphatic carbocycles. The highest BCUT2D eigenvalue weighted by molar-refractivity contribution is 5.91. The number of hydrogen-bond acceptors (Lipinski definition) is 4. The number of rotatable bonds is 5. The summed E-state index contributed by atoms with van der Waals surface area (Å²) in [6, 6.07) is 8.09. The summed E-state index contributed by atoms with van der Waals surface area (Å²) in [4.78, 5) is 23.4. The molecule has 5 heteroatoms. The Morgan fingerprint density at radius 1 is 1.40 bits per heavy atom. The van der Waals surface area contributed by atoms with Gasteiger partial charge in [-0.25, -0.2) is 4.79 Å². The summed E-state index contributed by atoms with van der Waals surface area (Å²) >= 11 is 0. The molecule has 106 valence electrons. The van der Waals surface area contributed by atoms with E-state index in [2.05, 4.69) is 5.32 Å². The second-order valence-corrected chi connectivity index (χ2v) is 5.05. The van der Waals surface area contributed by atoms with Gasteiger partial charge in [0.1, 0.15) is 0 Å². The fraction of sp³-hybridized carbons (Fsp3) is 0.400. The minimum Gasteiger partial charge on any atom is -0.452 e. The Morgan fingerprint density at radius 3 is 2.70 bits per heavy atom. The third kappa shape index (κ3) is 4.73. The molecule has 1 N–H and O–H groups in total. The zero-order valence-electron chi connectivity index (χ0n) is 11.9. The number of carbonyl (C=O) groups excluding carboxylic acids is 2. The van der Waals surface area contributed by atoms with E-state index in [-0.39, 0.29) is 23.6 Å². The van der Waals surface area contributed by atoms with Crippen molar-refractivity contribution in [2.75, 3.05) is 6.61 Å². The highest BCUT2D eigenvalue weighted by Crippen LogP contribution is 2.08. The van der Waals surface area contributed by atoms with Crippen LogP contribution in [0, 0.1) is 11.3 Å². The van der Waals surface area contributed by atoms with Gasteiger partial charge in [0.2, 0.25) is 0 Å². The van der Waals surface area contributed by atoms with Crippen LogP contribution in [0.3, 0.4) is 0 Å². The van der Waals surface area contributed by atoms with E-state index in [1.54, 1.807) is 12.1 Å². The number of amides is 1. The average molecular weight is 274 g/mol. The van der Waals surface area contributed by atoms with Gasteiger partial charge >= 0.3 is 5.97 Å². The molecule has 0 atom stereocenters. The van der Waals surface area contributed by atoms with E-state index in [0.29, 0.717) is 5.56 Å². The predicted molar refractivity (Wildman–Crippen MR) is 74.0 cm³/mol. The van der Waals surface area contributed by atoms with Crippen molar-refractivity contribution in [3.63, 3.8) is 0 Å². The molecule has 1 aromatic carbocycles. The molecule has 20 heavy (non-hydrogen) atoms. The van der Waals surface area contributed by atoms with Crippen LogP contribution in [-0.2, 0) is 9.53 Å². The topological polar surface area (TPSA) is 79.2 Å². The van der Waals surface area contributed by atoms with Gasteiger partial charge < -0.3 is 10.1 Å². The van der Waals surface area contributed by atoms with Crippen LogP contribution in [0.1, 0.15) is 43.1 Å². The zero-order chi connectivity index (χ0) is 15.2. The van der Waals surface area contributed by atoms with Gasteiger partial charge in [-0.3, -0.25) is 4.79 Å². The third-order valence-electron chi connectivity index (χ3n) is 2.92. The molecule has 1 aromatic rings. The molecule has 0 bridgehead atoms. The number of hydrogen-bond donors (Lipinski definition) is 1. The summed E-state index contributed by atoms with van der Waals surface area (Å²) in [5.74, 6) is -0.965. The van der Waals surface area contributed by atoms with Crippen LogP contribution in [0.4, 0.5) is 0 Å². The SMILES string of the molecule is CCC(C)(C)NC(=O)COC(=O)c1cccc(C#N)c1. The maximum absolute atomic E-state index is 11.7. The second-order valence-electron chi connectivity index (χ2n) is 5.05. The third-order valence-corrected chi connectivity index (χ3v) is 2.92. The van der Waals surface area contributed by atoms with E-state index < -0.39 is 5.97 Å². The summed E-state index contributed by atoms with van der Waals surface area (Å²) in [5, 5.41) is 11.5. The molecule has 0 aliphatic heterocycles. The molecular weight excluding hydrogens is 256 g/mol. The maximum atomic E-state index is 11.7. The number of benzene rings is 1. The fourth-order valence-electron chi connectivity index (χ4n) is 1.43. The van der Waals surface area contributed by atoms with E-state index in [1.165, 1.54) is 12.1 Å². The van der Waals surface area contributed by atoms with Crippen LogP contribution in [-0.4, -0.2) is 24.0 Å². The quantitative estimate of drug-likeness (QED) is 0.833.